The molecule has 0 aliphatic heterocycles. The van der Waals surface area contributed by atoms with E-state index in [0.717, 1.165) is 28.1 Å². The second kappa shape index (κ2) is 4.96. The molecule has 0 unspecified atom stereocenters. The normalized spacial score (nSPS) is 10.9. The fourth-order valence-electron chi connectivity index (χ4n) is 2.41. The number of rotatable bonds is 3. The van der Waals surface area contributed by atoms with E-state index in [4.69, 9.17) is 4.74 Å². The van der Waals surface area contributed by atoms with Gasteiger partial charge in [-0.05, 0) is 36.4 Å². The van der Waals surface area contributed by atoms with Crippen molar-refractivity contribution in [2.45, 2.75) is 0 Å². The Morgan fingerprint density at radius 2 is 1.86 bits per heavy atom. The van der Waals surface area contributed by atoms with Crippen LogP contribution in [0.3, 0.4) is 0 Å². The lowest BCUT2D eigenvalue weighted by molar-refractivity contribution is 0.112. The predicted molar refractivity (Wildman–Crippen MR) is 83.3 cm³/mol. The minimum atomic E-state index is 0.445. The van der Waals surface area contributed by atoms with Crippen LogP contribution < -0.4 is 4.74 Å². The Morgan fingerprint density at radius 1 is 1.00 bits per heavy atom. The molecule has 0 aliphatic carbocycles. The van der Waals surface area contributed by atoms with Gasteiger partial charge >= 0.3 is 0 Å². The molecular weight excluding hydrogens is 278 g/mol. The first-order valence-electron chi connectivity index (χ1n) is 6.79. The maximum Gasteiger partial charge on any atom is 0.168 e. The molecule has 0 aliphatic rings. The first-order chi connectivity index (χ1) is 10.8. The number of carbonyl (C=O) groups excluding carboxylic acids is 1. The number of aromatic nitrogens is 3. The molecule has 0 amide bonds. The number of nitrogens with zero attached hydrogens (tertiary/aromatic N) is 2. The van der Waals surface area contributed by atoms with Crippen LogP contribution in [0.5, 0.6) is 11.5 Å². The monoisotopic (exact) mass is 289 g/mol. The minimum Gasteiger partial charge on any atom is -0.457 e. The summed E-state index contributed by atoms with van der Waals surface area (Å²) in [6.07, 6.45) is 2.50. The molecule has 0 atom stereocenters. The lowest BCUT2D eigenvalue weighted by atomic mass is 10.2. The predicted octanol–water partition coefficient (Wildman–Crippen LogP) is 3.72. The molecule has 5 heteroatoms. The van der Waals surface area contributed by atoms with Crippen molar-refractivity contribution in [1.82, 2.24) is 15.2 Å². The largest absolute Gasteiger partial charge is 0.457 e. The Balaban J connectivity index is 1.73. The van der Waals surface area contributed by atoms with Gasteiger partial charge in [0.1, 0.15) is 17.2 Å². The summed E-state index contributed by atoms with van der Waals surface area (Å²) in [4.78, 5) is 15.3. The molecule has 4 rings (SSSR count). The molecule has 5 nitrogen and oxygen atoms in total. The highest BCUT2D eigenvalue weighted by molar-refractivity contribution is 5.95. The number of carbonyl (C=O) groups is 1. The number of fused-ring (bicyclic) bond motifs is 2. The van der Waals surface area contributed by atoms with E-state index in [0.29, 0.717) is 17.2 Å². The molecule has 0 bridgehead atoms. The van der Waals surface area contributed by atoms with Crippen LogP contribution >= 0.6 is 0 Å². The van der Waals surface area contributed by atoms with Crippen molar-refractivity contribution in [1.29, 1.82) is 0 Å². The molecule has 2 aromatic heterocycles. The van der Waals surface area contributed by atoms with E-state index in [2.05, 4.69) is 15.2 Å². The molecule has 0 spiro atoms. The average molecular weight is 289 g/mol. The van der Waals surface area contributed by atoms with Crippen LogP contribution in [0.15, 0.2) is 54.7 Å². The lowest BCUT2D eigenvalue weighted by Gasteiger charge is -2.06. The number of aromatic amines is 1. The van der Waals surface area contributed by atoms with Gasteiger partial charge < -0.3 is 4.74 Å². The van der Waals surface area contributed by atoms with Crippen LogP contribution in [0.25, 0.3) is 21.8 Å². The molecule has 0 radical (unpaired) electrons. The van der Waals surface area contributed by atoms with Crippen LogP contribution in [0.1, 0.15) is 10.5 Å². The third-order valence-corrected chi connectivity index (χ3v) is 3.49. The third kappa shape index (κ3) is 2.09. The van der Waals surface area contributed by atoms with Gasteiger partial charge in [0.25, 0.3) is 0 Å². The van der Waals surface area contributed by atoms with Gasteiger partial charge in [-0.1, -0.05) is 6.07 Å². The smallest absolute Gasteiger partial charge is 0.168 e. The fourth-order valence-corrected chi connectivity index (χ4v) is 2.41. The third-order valence-electron chi connectivity index (χ3n) is 3.49. The zero-order chi connectivity index (χ0) is 14.9. The molecule has 2 heterocycles. The van der Waals surface area contributed by atoms with Crippen LogP contribution in [0.2, 0.25) is 0 Å². The van der Waals surface area contributed by atoms with Crippen LogP contribution in [0.4, 0.5) is 0 Å². The van der Waals surface area contributed by atoms with E-state index in [1.54, 1.807) is 12.3 Å². The molecule has 22 heavy (non-hydrogen) atoms. The van der Waals surface area contributed by atoms with Gasteiger partial charge in [0.05, 0.1) is 11.0 Å². The number of aldehydes is 1. The van der Waals surface area contributed by atoms with E-state index in [-0.39, 0.29) is 0 Å². The Hall–Kier alpha value is -3.21. The summed E-state index contributed by atoms with van der Waals surface area (Å²) in [6, 6.07) is 15.1. The summed E-state index contributed by atoms with van der Waals surface area (Å²) in [7, 11) is 0. The summed E-state index contributed by atoms with van der Waals surface area (Å²) >= 11 is 0. The Morgan fingerprint density at radius 3 is 2.77 bits per heavy atom. The van der Waals surface area contributed by atoms with Gasteiger partial charge in [-0.2, -0.15) is 5.10 Å². The van der Waals surface area contributed by atoms with E-state index in [1.165, 1.54) is 0 Å². The second-order valence-corrected chi connectivity index (χ2v) is 4.89. The highest BCUT2D eigenvalue weighted by Gasteiger charge is 2.07. The quantitative estimate of drug-likeness (QED) is 0.584. The van der Waals surface area contributed by atoms with E-state index in [1.807, 2.05) is 42.5 Å². The number of H-pyrrole nitrogens is 1. The first kappa shape index (κ1) is 12.5. The maximum atomic E-state index is 11.0. The van der Waals surface area contributed by atoms with Crippen LogP contribution in [-0.4, -0.2) is 21.5 Å². The second-order valence-electron chi connectivity index (χ2n) is 4.89. The van der Waals surface area contributed by atoms with Gasteiger partial charge in [-0.15, -0.1) is 0 Å². The van der Waals surface area contributed by atoms with Crippen LogP contribution in [0, 0.1) is 0 Å². The molecule has 106 valence electrons. The number of ether oxygens (including phenoxy) is 1. The number of pyridine rings is 1. The van der Waals surface area contributed by atoms with E-state index in [9.17, 15) is 4.79 Å². The number of nitrogens with one attached hydrogen (secondary N) is 1. The zero-order valence-corrected chi connectivity index (χ0v) is 11.5. The molecule has 4 aromatic rings. The Labute approximate surface area is 125 Å². The summed E-state index contributed by atoms with van der Waals surface area (Å²) in [5, 5.41) is 8.55. The standard InChI is InChI=1S/C17H11N3O2/c21-10-17-14-8-12(5-6-15(14)19-20-17)22-13-4-3-11-2-1-7-18-16(11)9-13/h1-10H,(H,19,20). The lowest BCUT2D eigenvalue weighted by Crippen LogP contribution is -1.86. The Bertz CT molecular complexity index is 991. The van der Waals surface area contributed by atoms with Gasteiger partial charge in [0, 0.05) is 23.0 Å². The van der Waals surface area contributed by atoms with Crippen molar-refractivity contribution in [3.05, 3.63) is 60.4 Å². The zero-order valence-electron chi connectivity index (χ0n) is 11.5. The van der Waals surface area contributed by atoms with Gasteiger partial charge in [-0.3, -0.25) is 14.9 Å². The first-order valence-corrected chi connectivity index (χ1v) is 6.79. The topological polar surface area (TPSA) is 67.9 Å². The molecule has 0 saturated heterocycles. The molecule has 2 aromatic carbocycles. The highest BCUT2D eigenvalue weighted by Crippen LogP contribution is 2.27. The van der Waals surface area contributed by atoms with Gasteiger partial charge in [0.15, 0.2) is 6.29 Å². The summed E-state index contributed by atoms with van der Waals surface area (Å²) in [5.41, 5.74) is 2.05. The average Bonchev–Trinajstić information content (AvgIpc) is 2.97. The molecular formula is C17H11N3O2. The van der Waals surface area contributed by atoms with E-state index >= 15 is 0 Å². The van der Waals surface area contributed by atoms with Crippen molar-refractivity contribution in [3.63, 3.8) is 0 Å². The van der Waals surface area contributed by atoms with Crippen molar-refractivity contribution in [3.8, 4) is 11.5 Å². The SMILES string of the molecule is O=Cc1[nH]nc2ccc(Oc3ccc4cccnc4c3)cc12. The highest BCUT2D eigenvalue weighted by atomic mass is 16.5. The molecule has 0 saturated carbocycles. The maximum absolute atomic E-state index is 11.0. The summed E-state index contributed by atoms with van der Waals surface area (Å²) < 4.78 is 5.87. The van der Waals surface area contributed by atoms with Gasteiger partial charge in [0.2, 0.25) is 0 Å². The number of hydrogen-bond donors (Lipinski definition) is 1. The number of benzene rings is 2. The molecule has 0 fully saturated rings. The van der Waals surface area contributed by atoms with Crippen molar-refractivity contribution in [2.75, 3.05) is 0 Å². The Kier molecular flexibility index (Phi) is 2.83. The number of hydrogen-bond acceptors (Lipinski definition) is 4. The fraction of sp³-hybridized carbons (Fsp3) is 0. The van der Waals surface area contributed by atoms with Gasteiger partial charge in [-0.25, -0.2) is 0 Å². The summed E-state index contributed by atoms with van der Waals surface area (Å²) in [6.45, 7) is 0. The van der Waals surface area contributed by atoms with Crippen molar-refractivity contribution < 1.29 is 9.53 Å². The van der Waals surface area contributed by atoms with Crippen molar-refractivity contribution in [2.24, 2.45) is 0 Å². The van der Waals surface area contributed by atoms with Crippen LogP contribution in [-0.2, 0) is 0 Å². The molecule has 1 N–H and O–H groups in total. The summed E-state index contributed by atoms with van der Waals surface area (Å²) in [5.74, 6) is 1.34. The van der Waals surface area contributed by atoms with Crippen molar-refractivity contribution >= 4 is 28.1 Å². The van der Waals surface area contributed by atoms with E-state index < -0.39 is 0 Å². The minimum absolute atomic E-state index is 0.445.